The van der Waals surface area contributed by atoms with Crippen LogP contribution in [0.1, 0.15) is 13.3 Å². The predicted octanol–water partition coefficient (Wildman–Crippen LogP) is 3.30. The summed E-state index contributed by atoms with van der Waals surface area (Å²) >= 11 is 1.54. The van der Waals surface area contributed by atoms with Crippen LogP contribution in [0.5, 0.6) is 11.5 Å². The highest BCUT2D eigenvalue weighted by atomic mass is 32.1. The van der Waals surface area contributed by atoms with E-state index in [9.17, 15) is 0 Å². The third kappa shape index (κ3) is 2.59. The van der Waals surface area contributed by atoms with E-state index in [1.165, 1.54) is 0 Å². The number of hydrogen-bond acceptors (Lipinski definition) is 6. The maximum atomic E-state index is 5.36. The van der Waals surface area contributed by atoms with Crippen LogP contribution in [0.15, 0.2) is 24.4 Å². The summed E-state index contributed by atoms with van der Waals surface area (Å²) in [5.41, 5.74) is 1.91. The number of hydrogen-bond donors (Lipinski definition) is 1. The summed E-state index contributed by atoms with van der Waals surface area (Å²) in [5, 5.41) is 8.75. The first-order chi connectivity index (χ1) is 10.8. The molecule has 0 aliphatic carbocycles. The fourth-order valence-corrected chi connectivity index (χ4v) is 2.99. The van der Waals surface area contributed by atoms with Crippen molar-refractivity contribution in [2.24, 2.45) is 0 Å². The zero-order chi connectivity index (χ0) is 15.5. The van der Waals surface area contributed by atoms with E-state index < -0.39 is 0 Å². The van der Waals surface area contributed by atoms with Crippen molar-refractivity contribution in [3.05, 3.63) is 24.4 Å². The summed E-state index contributed by atoms with van der Waals surface area (Å²) in [6, 6.07) is 5.79. The van der Waals surface area contributed by atoms with Crippen LogP contribution in [-0.2, 0) is 0 Å². The molecule has 0 unspecified atom stereocenters. The third-order valence-corrected chi connectivity index (χ3v) is 4.17. The van der Waals surface area contributed by atoms with Crippen LogP contribution in [0.4, 0.5) is 5.13 Å². The number of ether oxygens (including phenoxy) is 2. The Morgan fingerprint density at radius 1 is 1.23 bits per heavy atom. The van der Waals surface area contributed by atoms with Crippen LogP contribution in [0.2, 0.25) is 0 Å². The molecule has 2 aromatic heterocycles. The molecule has 0 saturated heterocycles. The standard InChI is InChI=1S/C15H18N4O2S/c1-4-7-16-14-18-19-11(9-17-15(19)22-14)10-5-6-12(20-2)13(8-10)21-3/h5-6,8-9H,4,7H2,1-3H3,(H,16,18). The Morgan fingerprint density at radius 3 is 2.77 bits per heavy atom. The topological polar surface area (TPSA) is 60.7 Å². The van der Waals surface area contributed by atoms with Gasteiger partial charge in [0.15, 0.2) is 11.5 Å². The van der Waals surface area contributed by atoms with Crippen molar-refractivity contribution >= 4 is 21.4 Å². The van der Waals surface area contributed by atoms with Crippen molar-refractivity contribution in [3.8, 4) is 22.8 Å². The summed E-state index contributed by atoms with van der Waals surface area (Å²) in [7, 11) is 3.25. The van der Waals surface area contributed by atoms with Crippen molar-refractivity contribution in [1.29, 1.82) is 0 Å². The van der Waals surface area contributed by atoms with Gasteiger partial charge >= 0.3 is 0 Å². The molecule has 0 aliphatic heterocycles. The molecule has 0 atom stereocenters. The van der Waals surface area contributed by atoms with Gasteiger partial charge in [-0.2, -0.15) is 0 Å². The fourth-order valence-electron chi connectivity index (χ4n) is 2.19. The highest BCUT2D eigenvalue weighted by Gasteiger charge is 2.13. The molecular weight excluding hydrogens is 300 g/mol. The summed E-state index contributed by atoms with van der Waals surface area (Å²) in [6.07, 6.45) is 2.88. The molecule has 0 amide bonds. The molecule has 0 fully saturated rings. The molecule has 22 heavy (non-hydrogen) atoms. The van der Waals surface area contributed by atoms with E-state index in [2.05, 4.69) is 22.3 Å². The minimum atomic E-state index is 0.689. The normalized spacial score (nSPS) is 10.9. The maximum Gasteiger partial charge on any atom is 0.214 e. The molecule has 0 saturated carbocycles. The molecule has 6 nitrogen and oxygen atoms in total. The third-order valence-electron chi connectivity index (χ3n) is 3.29. The summed E-state index contributed by atoms with van der Waals surface area (Å²) < 4.78 is 12.5. The van der Waals surface area contributed by atoms with Gasteiger partial charge in [0.1, 0.15) is 0 Å². The lowest BCUT2D eigenvalue weighted by Crippen LogP contribution is -2.00. The number of aromatic nitrogens is 3. The number of benzene rings is 1. The van der Waals surface area contributed by atoms with E-state index >= 15 is 0 Å². The number of nitrogens with one attached hydrogen (secondary N) is 1. The fraction of sp³-hybridized carbons (Fsp3) is 0.333. The lowest BCUT2D eigenvalue weighted by atomic mass is 10.1. The van der Waals surface area contributed by atoms with Crippen LogP contribution < -0.4 is 14.8 Å². The largest absolute Gasteiger partial charge is 0.493 e. The second-order valence-corrected chi connectivity index (χ2v) is 5.70. The van der Waals surface area contributed by atoms with Crippen molar-refractivity contribution < 1.29 is 9.47 Å². The number of fused-ring (bicyclic) bond motifs is 1. The summed E-state index contributed by atoms with van der Waals surface area (Å²) in [4.78, 5) is 5.29. The van der Waals surface area contributed by atoms with Crippen LogP contribution in [-0.4, -0.2) is 35.4 Å². The number of anilines is 1. The Kier molecular flexibility index (Phi) is 4.15. The Balaban J connectivity index is 2.00. The highest BCUT2D eigenvalue weighted by molar-refractivity contribution is 7.20. The Bertz CT molecular complexity index is 781. The van der Waals surface area contributed by atoms with Gasteiger partial charge in [-0.1, -0.05) is 18.3 Å². The molecule has 116 valence electrons. The second kappa shape index (κ2) is 6.23. The minimum absolute atomic E-state index is 0.689. The molecule has 0 bridgehead atoms. The van der Waals surface area contributed by atoms with Crippen molar-refractivity contribution in [1.82, 2.24) is 14.6 Å². The van der Waals surface area contributed by atoms with Crippen molar-refractivity contribution in [2.45, 2.75) is 13.3 Å². The molecule has 0 radical (unpaired) electrons. The first-order valence-electron chi connectivity index (χ1n) is 7.07. The van der Waals surface area contributed by atoms with Gasteiger partial charge in [-0.3, -0.25) is 0 Å². The van der Waals surface area contributed by atoms with Gasteiger partial charge in [0.2, 0.25) is 10.1 Å². The Labute approximate surface area is 132 Å². The Hall–Kier alpha value is -2.28. The van der Waals surface area contributed by atoms with Gasteiger partial charge in [0.25, 0.3) is 0 Å². The average Bonchev–Trinajstić information content (AvgIpc) is 3.12. The smallest absolute Gasteiger partial charge is 0.214 e. The number of nitrogens with zero attached hydrogens (tertiary/aromatic N) is 3. The molecule has 7 heteroatoms. The van der Waals surface area contributed by atoms with Gasteiger partial charge in [-0.25, -0.2) is 9.50 Å². The van der Waals surface area contributed by atoms with Gasteiger partial charge < -0.3 is 14.8 Å². The molecule has 3 aromatic rings. The monoisotopic (exact) mass is 318 g/mol. The quantitative estimate of drug-likeness (QED) is 0.755. The molecule has 3 rings (SSSR count). The molecule has 1 aromatic carbocycles. The van der Waals surface area contributed by atoms with E-state index in [0.29, 0.717) is 11.5 Å². The molecule has 1 N–H and O–H groups in total. The SMILES string of the molecule is CCCNc1nn2c(-c3ccc(OC)c(OC)c3)cnc2s1. The van der Waals surface area contributed by atoms with E-state index in [1.54, 1.807) is 25.6 Å². The van der Waals surface area contributed by atoms with Crippen LogP contribution >= 0.6 is 11.3 Å². The first-order valence-corrected chi connectivity index (χ1v) is 7.89. The summed E-state index contributed by atoms with van der Waals surface area (Å²) in [5.74, 6) is 1.39. The Morgan fingerprint density at radius 2 is 2.05 bits per heavy atom. The molecule has 0 spiro atoms. The van der Waals surface area contributed by atoms with Crippen molar-refractivity contribution in [3.63, 3.8) is 0 Å². The number of methoxy groups -OCH3 is 2. The van der Waals surface area contributed by atoms with Gasteiger partial charge in [0.05, 0.1) is 26.1 Å². The first kappa shape index (κ1) is 14.6. The molecule has 0 aliphatic rings. The number of imidazole rings is 1. The van der Waals surface area contributed by atoms with Crippen molar-refractivity contribution in [2.75, 3.05) is 26.1 Å². The van der Waals surface area contributed by atoms with Gasteiger partial charge in [-0.15, -0.1) is 5.10 Å². The minimum Gasteiger partial charge on any atom is -0.493 e. The lowest BCUT2D eigenvalue weighted by molar-refractivity contribution is 0.355. The van der Waals surface area contributed by atoms with Gasteiger partial charge in [0, 0.05) is 12.1 Å². The second-order valence-electron chi connectivity index (χ2n) is 4.74. The van der Waals surface area contributed by atoms with Gasteiger partial charge in [-0.05, 0) is 24.6 Å². The van der Waals surface area contributed by atoms with Crippen LogP contribution in [0.3, 0.4) is 0 Å². The average molecular weight is 318 g/mol. The van der Waals surface area contributed by atoms with E-state index in [1.807, 2.05) is 28.9 Å². The van der Waals surface area contributed by atoms with E-state index in [-0.39, 0.29) is 0 Å². The predicted molar refractivity (Wildman–Crippen MR) is 88.2 cm³/mol. The highest BCUT2D eigenvalue weighted by Crippen LogP contribution is 2.33. The van der Waals surface area contributed by atoms with E-state index in [0.717, 1.165) is 34.3 Å². The van der Waals surface area contributed by atoms with Crippen LogP contribution in [0.25, 0.3) is 16.2 Å². The number of rotatable bonds is 6. The molecule has 2 heterocycles. The lowest BCUT2D eigenvalue weighted by Gasteiger charge is -2.08. The maximum absolute atomic E-state index is 5.36. The zero-order valence-electron chi connectivity index (χ0n) is 12.8. The zero-order valence-corrected chi connectivity index (χ0v) is 13.6. The van der Waals surface area contributed by atoms with Crippen LogP contribution in [0, 0.1) is 0 Å². The summed E-state index contributed by atoms with van der Waals surface area (Å²) in [6.45, 7) is 3.03. The molecular formula is C15H18N4O2S. The van der Waals surface area contributed by atoms with E-state index in [4.69, 9.17) is 9.47 Å².